The smallest absolute Gasteiger partial charge is 0.338 e. The van der Waals surface area contributed by atoms with Crippen molar-refractivity contribution in [1.29, 1.82) is 0 Å². The number of carbonyl (C=O) groups excluding carboxylic acids is 2. The zero-order valence-corrected chi connectivity index (χ0v) is 21.3. The molecule has 1 unspecified atom stereocenters. The van der Waals surface area contributed by atoms with Crippen LogP contribution < -0.4 is 5.32 Å². The van der Waals surface area contributed by atoms with Crippen molar-refractivity contribution in [3.63, 3.8) is 0 Å². The maximum atomic E-state index is 12.9. The number of benzene rings is 2. The van der Waals surface area contributed by atoms with E-state index < -0.39 is 0 Å². The molecule has 3 aromatic rings. The number of furan rings is 1. The van der Waals surface area contributed by atoms with Gasteiger partial charge in [-0.3, -0.25) is 9.69 Å². The third-order valence-corrected chi connectivity index (χ3v) is 7.59. The van der Waals surface area contributed by atoms with Crippen LogP contribution in [0, 0.1) is 5.92 Å². The molecule has 2 aliphatic heterocycles. The van der Waals surface area contributed by atoms with Gasteiger partial charge in [0.2, 0.25) is 0 Å². The number of carbonyl (C=O) groups is 2. The summed E-state index contributed by atoms with van der Waals surface area (Å²) in [5.41, 5.74) is 2.37. The molecule has 2 aliphatic rings. The number of ether oxygens (including phenoxy) is 1. The van der Waals surface area contributed by atoms with E-state index in [9.17, 15) is 9.59 Å². The fraction of sp³-hybridized carbons (Fsp3) is 0.250. The van der Waals surface area contributed by atoms with Crippen LogP contribution in [0.25, 0.3) is 17.4 Å². The summed E-state index contributed by atoms with van der Waals surface area (Å²) in [6.07, 6.45) is 3.92. The quantitative estimate of drug-likeness (QED) is 0.251. The average Bonchev–Trinajstić information content (AvgIpc) is 3.49. The van der Waals surface area contributed by atoms with Gasteiger partial charge < -0.3 is 14.5 Å². The number of esters is 1. The molecule has 0 radical (unpaired) electrons. The minimum absolute atomic E-state index is 0.126. The van der Waals surface area contributed by atoms with Crippen molar-refractivity contribution in [3.8, 4) is 11.3 Å². The Hall–Kier alpha value is -3.20. The number of hydrogen-bond acceptors (Lipinski definition) is 7. The van der Waals surface area contributed by atoms with Gasteiger partial charge >= 0.3 is 5.97 Å². The molecule has 184 valence electrons. The second-order valence-electron chi connectivity index (χ2n) is 8.84. The first-order valence-electron chi connectivity index (χ1n) is 11.9. The molecular weight excluding hydrogens is 492 g/mol. The third-order valence-electron chi connectivity index (χ3n) is 6.21. The van der Waals surface area contributed by atoms with Gasteiger partial charge in [0.15, 0.2) is 0 Å². The summed E-state index contributed by atoms with van der Waals surface area (Å²) >= 11 is 6.71. The molecule has 0 aliphatic carbocycles. The number of hydrogen-bond donors (Lipinski definition) is 1. The van der Waals surface area contributed by atoms with E-state index in [-0.39, 0.29) is 11.9 Å². The van der Waals surface area contributed by atoms with E-state index >= 15 is 0 Å². The first kappa shape index (κ1) is 24.5. The molecule has 1 aromatic heterocycles. The molecule has 1 amide bonds. The monoisotopic (exact) mass is 518 g/mol. The van der Waals surface area contributed by atoms with E-state index in [1.54, 1.807) is 23.1 Å². The Morgan fingerprint density at radius 3 is 2.69 bits per heavy atom. The topological polar surface area (TPSA) is 71.8 Å². The Balaban J connectivity index is 1.21. The lowest BCUT2D eigenvalue weighted by Gasteiger charge is -2.22. The summed E-state index contributed by atoms with van der Waals surface area (Å²) in [6.45, 7) is 2.81. The van der Waals surface area contributed by atoms with Gasteiger partial charge in [-0.15, -0.1) is 0 Å². The summed E-state index contributed by atoms with van der Waals surface area (Å²) in [4.78, 5) is 27.5. The second-order valence-corrected chi connectivity index (χ2v) is 10.5. The summed E-state index contributed by atoms with van der Waals surface area (Å²) in [7, 11) is 0. The number of rotatable bonds is 7. The number of thioether (sulfide) groups is 1. The number of nitrogens with one attached hydrogen (secondary N) is 1. The van der Waals surface area contributed by atoms with E-state index in [2.05, 4.69) is 5.32 Å². The Morgan fingerprint density at radius 2 is 1.94 bits per heavy atom. The van der Waals surface area contributed by atoms with Crippen molar-refractivity contribution in [2.24, 2.45) is 5.92 Å². The summed E-state index contributed by atoms with van der Waals surface area (Å²) in [5, 5.41) is 3.33. The highest BCUT2D eigenvalue weighted by Crippen LogP contribution is 2.34. The van der Waals surface area contributed by atoms with Crippen molar-refractivity contribution in [2.45, 2.75) is 19.4 Å². The van der Waals surface area contributed by atoms with Crippen LogP contribution in [0.15, 0.2) is 76.1 Å². The van der Waals surface area contributed by atoms with Crippen LogP contribution in [0.1, 0.15) is 34.5 Å². The van der Waals surface area contributed by atoms with E-state index in [0.29, 0.717) is 45.4 Å². The van der Waals surface area contributed by atoms with Crippen molar-refractivity contribution >= 4 is 46.3 Å². The number of thiocarbonyl (C=S) groups is 1. The van der Waals surface area contributed by atoms with E-state index in [1.165, 1.54) is 11.8 Å². The van der Waals surface area contributed by atoms with Gasteiger partial charge in [-0.2, -0.15) is 0 Å². The summed E-state index contributed by atoms with van der Waals surface area (Å²) in [5.74, 6) is 1.15. The fourth-order valence-electron chi connectivity index (χ4n) is 4.23. The molecule has 0 saturated carbocycles. The molecule has 2 aromatic carbocycles. The molecule has 3 heterocycles. The predicted octanol–water partition coefficient (Wildman–Crippen LogP) is 5.50. The Kier molecular flexibility index (Phi) is 7.65. The van der Waals surface area contributed by atoms with Crippen molar-refractivity contribution in [3.05, 3.63) is 88.5 Å². The van der Waals surface area contributed by atoms with Crippen LogP contribution in [0.4, 0.5) is 0 Å². The maximum absolute atomic E-state index is 12.9. The molecule has 6 nitrogen and oxygen atoms in total. The van der Waals surface area contributed by atoms with Crippen molar-refractivity contribution in [1.82, 2.24) is 10.2 Å². The molecule has 2 fully saturated rings. The SMILES string of the molecule is O=C(OCC1CCCNC1)c1ccc(-c2ccc(/C=C3/SC(=S)N(Cc4ccccc4)C3=O)o2)cc1. The molecule has 1 N–H and O–H groups in total. The lowest BCUT2D eigenvalue weighted by atomic mass is 10.0. The molecular formula is C28H26N2O4S2. The van der Waals surface area contributed by atoms with Crippen LogP contribution in [0.5, 0.6) is 0 Å². The highest BCUT2D eigenvalue weighted by molar-refractivity contribution is 8.26. The number of piperidine rings is 1. The molecule has 8 heteroatoms. The summed E-state index contributed by atoms with van der Waals surface area (Å²) in [6, 6.07) is 20.6. The number of amides is 1. The molecule has 36 heavy (non-hydrogen) atoms. The van der Waals surface area contributed by atoms with Crippen LogP contribution in [-0.2, 0) is 16.1 Å². The van der Waals surface area contributed by atoms with E-state index in [0.717, 1.165) is 37.1 Å². The van der Waals surface area contributed by atoms with Crippen LogP contribution in [0.2, 0.25) is 0 Å². The van der Waals surface area contributed by atoms with Gasteiger partial charge in [-0.25, -0.2) is 4.79 Å². The van der Waals surface area contributed by atoms with Gasteiger partial charge in [0, 0.05) is 24.1 Å². The highest BCUT2D eigenvalue weighted by Gasteiger charge is 2.32. The van der Waals surface area contributed by atoms with Gasteiger partial charge in [0.25, 0.3) is 5.91 Å². The average molecular weight is 519 g/mol. The van der Waals surface area contributed by atoms with Gasteiger partial charge in [0.1, 0.15) is 15.8 Å². The molecule has 2 saturated heterocycles. The molecule has 0 bridgehead atoms. The highest BCUT2D eigenvalue weighted by atomic mass is 32.2. The molecule has 1 atom stereocenters. The standard InChI is InChI=1S/C28H26N2O4S2/c31-26-25(36-28(35)30(26)17-19-5-2-1-3-6-19)15-23-12-13-24(34-23)21-8-10-22(11-9-21)27(32)33-18-20-7-4-14-29-16-20/h1-3,5-6,8-13,15,20,29H,4,7,14,16-18H2/b25-15+. The minimum atomic E-state index is -0.315. The van der Waals surface area contributed by atoms with E-state index in [1.807, 2.05) is 54.6 Å². The summed E-state index contributed by atoms with van der Waals surface area (Å²) < 4.78 is 12.0. The maximum Gasteiger partial charge on any atom is 0.338 e. The van der Waals surface area contributed by atoms with Crippen LogP contribution >= 0.6 is 24.0 Å². The van der Waals surface area contributed by atoms with Gasteiger partial charge in [-0.1, -0.05) is 66.4 Å². The Morgan fingerprint density at radius 1 is 1.14 bits per heavy atom. The van der Waals surface area contributed by atoms with Crippen molar-refractivity contribution < 1.29 is 18.7 Å². The largest absolute Gasteiger partial charge is 0.462 e. The first-order chi connectivity index (χ1) is 17.6. The fourth-order valence-corrected chi connectivity index (χ4v) is 5.47. The predicted molar refractivity (Wildman–Crippen MR) is 145 cm³/mol. The zero-order valence-electron chi connectivity index (χ0n) is 19.6. The lowest BCUT2D eigenvalue weighted by Crippen LogP contribution is -2.32. The minimum Gasteiger partial charge on any atom is -0.462 e. The zero-order chi connectivity index (χ0) is 24.9. The van der Waals surface area contributed by atoms with Crippen molar-refractivity contribution in [2.75, 3.05) is 19.7 Å². The van der Waals surface area contributed by atoms with Gasteiger partial charge in [0.05, 0.1) is 23.6 Å². The normalized spacial score (nSPS) is 19.2. The first-order valence-corrected chi connectivity index (χ1v) is 13.2. The van der Waals surface area contributed by atoms with Crippen LogP contribution in [0.3, 0.4) is 0 Å². The lowest BCUT2D eigenvalue weighted by molar-refractivity contribution is -0.122. The van der Waals surface area contributed by atoms with Crippen LogP contribution in [-0.4, -0.2) is 40.8 Å². The van der Waals surface area contributed by atoms with Gasteiger partial charge in [-0.05, 0) is 49.2 Å². The Bertz CT molecular complexity index is 1280. The second kappa shape index (κ2) is 11.2. The van der Waals surface area contributed by atoms with E-state index in [4.69, 9.17) is 21.4 Å². The molecule has 0 spiro atoms. The Labute approximate surface area is 219 Å². The third kappa shape index (κ3) is 5.78. The number of nitrogens with zero attached hydrogens (tertiary/aromatic N) is 1. The molecule has 5 rings (SSSR count).